The van der Waals surface area contributed by atoms with Gasteiger partial charge >= 0.3 is 0 Å². The van der Waals surface area contributed by atoms with Crippen molar-refractivity contribution in [1.82, 2.24) is 5.32 Å². The summed E-state index contributed by atoms with van der Waals surface area (Å²) in [6.45, 7) is 6.30. The molecule has 0 aliphatic heterocycles. The van der Waals surface area contributed by atoms with E-state index >= 15 is 0 Å². The maximum absolute atomic E-state index is 10.8. The SMILES string of the molecule is CCOc1cc(CNC(C)(C)CO)cc(Cl)c1OCC(N)=O. The molecule has 22 heavy (non-hydrogen) atoms. The summed E-state index contributed by atoms with van der Waals surface area (Å²) in [5.74, 6) is 0.163. The molecule has 0 atom stereocenters. The molecular formula is C15H23ClN2O4. The Kier molecular flexibility index (Phi) is 6.93. The standard InChI is InChI=1S/C15H23ClN2O4/c1-4-21-12-6-10(7-18-15(2,3)9-19)5-11(16)14(12)22-8-13(17)20/h5-6,18-19H,4,7-9H2,1-3H3,(H2,17,20). The van der Waals surface area contributed by atoms with Gasteiger partial charge in [0, 0.05) is 12.1 Å². The third-order valence-electron chi connectivity index (χ3n) is 2.89. The maximum atomic E-state index is 10.8. The lowest BCUT2D eigenvalue weighted by molar-refractivity contribution is -0.119. The molecule has 6 nitrogen and oxygen atoms in total. The number of hydrogen-bond acceptors (Lipinski definition) is 5. The highest BCUT2D eigenvalue weighted by Gasteiger charge is 2.17. The van der Waals surface area contributed by atoms with Crippen molar-refractivity contribution >= 4 is 17.5 Å². The molecule has 1 aromatic rings. The van der Waals surface area contributed by atoms with Crippen LogP contribution in [0.1, 0.15) is 26.3 Å². The van der Waals surface area contributed by atoms with E-state index in [1.54, 1.807) is 12.1 Å². The Morgan fingerprint density at radius 3 is 2.64 bits per heavy atom. The zero-order valence-electron chi connectivity index (χ0n) is 13.1. The van der Waals surface area contributed by atoms with Crippen LogP contribution in [0.25, 0.3) is 0 Å². The number of carbonyl (C=O) groups excluding carboxylic acids is 1. The first-order chi connectivity index (χ1) is 10.3. The summed E-state index contributed by atoms with van der Waals surface area (Å²) in [5, 5.41) is 12.8. The topological polar surface area (TPSA) is 93.8 Å². The lowest BCUT2D eigenvalue weighted by atomic mass is 10.1. The smallest absolute Gasteiger partial charge is 0.255 e. The first-order valence-electron chi connectivity index (χ1n) is 7.01. The molecule has 1 rings (SSSR count). The Morgan fingerprint density at radius 2 is 2.09 bits per heavy atom. The van der Waals surface area contributed by atoms with Gasteiger partial charge in [-0.25, -0.2) is 0 Å². The second kappa shape index (κ2) is 8.22. The number of rotatable bonds is 9. The normalized spacial score (nSPS) is 11.3. The van der Waals surface area contributed by atoms with Crippen LogP contribution in [0.15, 0.2) is 12.1 Å². The second-order valence-electron chi connectivity index (χ2n) is 5.49. The van der Waals surface area contributed by atoms with Gasteiger partial charge in [-0.15, -0.1) is 0 Å². The summed E-state index contributed by atoms with van der Waals surface area (Å²) >= 11 is 6.20. The van der Waals surface area contributed by atoms with Gasteiger partial charge in [0.15, 0.2) is 18.1 Å². The fourth-order valence-electron chi connectivity index (χ4n) is 1.67. The summed E-state index contributed by atoms with van der Waals surface area (Å²) in [5.41, 5.74) is 5.55. The first kappa shape index (κ1) is 18.5. The molecular weight excluding hydrogens is 308 g/mol. The molecule has 0 spiro atoms. The number of amides is 1. The number of ether oxygens (including phenoxy) is 2. The zero-order valence-corrected chi connectivity index (χ0v) is 13.9. The number of carbonyl (C=O) groups is 1. The lowest BCUT2D eigenvalue weighted by Crippen LogP contribution is -2.42. The quantitative estimate of drug-likeness (QED) is 0.637. The largest absolute Gasteiger partial charge is 0.490 e. The van der Waals surface area contributed by atoms with Crippen LogP contribution in [0.4, 0.5) is 0 Å². The summed E-state index contributed by atoms with van der Waals surface area (Å²) in [4.78, 5) is 10.8. The van der Waals surface area contributed by atoms with Crippen molar-refractivity contribution in [3.8, 4) is 11.5 Å². The minimum absolute atomic E-state index is 0.0128. The van der Waals surface area contributed by atoms with Crippen molar-refractivity contribution in [2.45, 2.75) is 32.9 Å². The van der Waals surface area contributed by atoms with Crippen LogP contribution in [-0.2, 0) is 11.3 Å². The Morgan fingerprint density at radius 1 is 1.41 bits per heavy atom. The molecule has 0 bridgehead atoms. The minimum Gasteiger partial charge on any atom is -0.490 e. The second-order valence-corrected chi connectivity index (χ2v) is 5.90. The van der Waals surface area contributed by atoms with Gasteiger partial charge in [0.25, 0.3) is 5.91 Å². The fraction of sp³-hybridized carbons (Fsp3) is 0.533. The van der Waals surface area contributed by atoms with Gasteiger partial charge in [0.05, 0.1) is 18.2 Å². The van der Waals surface area contributed by atoms with Crippen molar-refractivity contribution in [3.05, 3.63) is 22.7 Å². The molecule has 0 aliphatic carbocycles. The molecule has 124 valence electrons. The van der Waals surface area contributed by atoms with Gasteiger partial charge in [-0.1, -0.05) is 11.6 Å². The van der Waals surface area contributed by atoms with Crippen LogP contribution >= 0.6 is 11.6 Å². The summed E-state index contributed by atoms with van der Waals surface area (Å²) < 4.78 is 10.8. The van der Waals surface area contributed by atoms with Gasteiger partial charge in [0.2, 0.25) is 0 Å². The third-order valence-corrected chi connectivity index (χ3v) is 3.18. The molecule has 0 unspecified atom stereocenters. The van der Waals surface area contributed by atoms with Gasteiger partial charge in [-0.2, -0.15) is 0 Å². The average molecular weight is 331 g/mol. The highest BCUT2D eigenvalue weighted by Crippen LogP contribution is 2.36. The Balaban J connectivity index is 2.95. The summed E-state index contributed by atoms with van der Waals surface area (Å²) in [6, 6.07) is 3.51. The predicted octanol–water partition coefficient (Wildman–Crippen LogP) is 1.46. The molecule has 0 saturated heterocycles. The van der Waals surface area contributed by atoms with E-state index in [2.05, 4.69) is 5.32 Å². The molecule has 0 aromatic heterocycles. The first-order valence-corrected chi connectivity index (χ1v) is 7.39. The van der Waals surface area contributed by atoms with E-state index in [1.807, 2.05) is 20.8 Å². The fourth-order valence-corrected chi connectivity index (χ4v) is 1.95. The molecule has 1 amide bonds. The third kappa shape index (κ3) is 5.71. The van der Waals surface area contributed by atoms with E-state index in [9.17, 15) is 9.90 Å². The van der Waals surface area contributed by atoms with Gasteiger partial charge in [-0.05, 0) is 38.5 Å². The van der Waals surface area contributed by atoms with Gasteiger partial charge in [-0.3, -0.25) is 4.79 Å². The lowest BCUT2D eigenvalue weighted by Gasteiger charge is -2.24. The molecule has 7 heteroatoms. The summed E-state index contributed by atoms with van der Waals surface area (Å²) in [7, 11) is 0. The van der Waals surface area contributed by atoms with E-state index in [0.29, 0.717) is 29.7 Å². The monoisotopic (exact) mass is 330 g/mol. The molecule has 0 heterocycles. The number of benzene rings is 1. The highest BCUT2D eigenvalue weighted by atomic mass is 35.5. The molecule has 0 aliphatic rings. The van der Waals surface area contributed by atoms with Crippen molar-refractivity contribution in [1.29, 1.82) is 0 Å². The van der Waals surface area contributed by atoms with Crippen LogP contribution in [-0.4, -0.2) is 36.4 Å². The molecule has 0 saturated carbocycles. The number of nitrogens with one attached hydrogen (secondary N) is 1. The van der Waals surface area contributed by atoms with Crippen LogP contribution < -0.4 is 20.5 Å². The van der Waals surface area contributed by atoms with E-state index < -0.39 is 11.4 Å². The van der Waals surface area contributed by atoms with E-state index in [1.165, 1.54) is 0 Å². The maximum Gasteiger partial charge on any atom is 0.255 e. The van der Waals surface area contributed by atoms with Crippen LogP contribution in [0.3, 0.4) is 0 Å². The predicted molar refractivity (Wildman–Crippen MR) is 85.3 cm³/mol. The zero-order chi connectivity index (χ0) is 16.8. The average Bonchev–Trinajstić information content (AvgIpc) is 2.44. The Hall–Kier alpha value is -1.50. The number of aliphatic hydroxyl groups is 1. The minimum atomic E-state index is -0.589. The van der Waals surface area contributed by atoms with Crippen molar-refractivity contribution in [2.24, 2.45) is 5.73 Å². The van der Waals surface area contributed by atoms with E-state index in [0.717, 1.165) is 5.56 Å². The molecule has 0 fully saturated rings. The Labute approximate surface area is 135 Å². The van der Waals surface area contributed by atoms with Crippen LogP contribution in [0.5, 0.6) is 11.5 Å². The number of halogens is 1. The van der Waals surface area contributed by atoms with E-state index in [4.69, 9.17) is 26.8 Å². The summed E-state index contributed by atoms with van der Waals surface area (Å²) in [6.07, 6.45) is 0. The molecule has 4 N–H and O–H groups in total. The Bertz CT molecular complexity index is 521. The van der Waals surface area contributed by atoms with Gasteiger partial charge in [0.1, 0.15) is 0 Å². The van der Waals surface area contributed by atoms with E-state index in [-0.39, 0.29) is 13.2 Å². The number of primary amides is 1. The van der Waals surface area contributed by atoms with Crippen molar-refractivity contribution < 1.29 is 19.4 Å². The molecule has 0 radical (unpaired) electrons. The van der Waals surface area contributed by atoms with Crippen molar-refractivity contribution in [2.75, 3.05) is 19.8 Å². The van der Waals surface area contributed by atoms with Crippen LogP contribution in [0.2, 0.25) is 5.02 Å². The van der Waals surface area contributed by atoms with Crippen molar-refractivity contribution in [3.63, 3.8) is 0 Å². The highest BCUT2D eigenvalue weighted by molar-refractivity contribution is 6.32. The van der Waals surface area contributed by atoms with Gasteiger partial charge < -0.3 is 25.6 Å². The number of hydrogen-bond donors (Lipinski definition) is 3. The number of nitrogens with two attached hydrogens (primary N) is 1. The number of aliphatic hydroxyl groups excluding tert-OH is 1. The molecule has 1 aromatic carbocycles. The van der Waals surface area contributed by atoms with Crippen LogP contribution in [0, 0.1) is 0 Å².